The minimum Gasteiger partial charge on any atom is -0.368 e. The maximum atomic E-state index is 5.56. The molecule has 88 valence electrons. The Morgan fingerprint density at radius 2 is 1.71 bits per heavy atom. The topological polar surface area (TPSA) is 77.6 Å². The molecule has 0 saturated carbocycles. The first-order valence-electron chi connectivity index (χ1n) is 5.14. The van der Waals surface area contributed by atoms with Gasteiger partial charge >= 0.3 is 0 Å². The number of hydrogen-bond donors (Lipinski definition) is 1. The van der Waals surface area contributed by atoms with Gasteiger partial charge in [-0.25, -0.2) is 19.9 Å². The molecule has 6 heteroatoms. The Bertz CT molecular complexity index is 535. The van der Waals surface area contributed by atoms with E-state index in [2.05, 4.69) is 19.9 Å². The summed E-state index contributed by atoms with van der Waals surface area (Å²) in [5, 5.41) is 1.48. The summed E-state index contributed by atoms with van der Waals surface area (Å²) >= 11 is 1.40. The average molecular weight is 247 g/mol. The Morgan fingerprint density at radius 1 is 1.06 bits per heavy atom. The van der Waals surface area contributed by atoms with Gasteiger partial charge in [0.25, 0.3) is 0 Å². The molecule has 0 aliphatic heterocycles. The maximum absolute atomic E-state index is 5.56. The zero-order valence-electron chi connectivity index (χ0n) is 9.93. The Hall–Kier alpha value is -1.69. The molecular formula is C11H13N5S. The molecule has 2 N–H and O–H groups in total. The fourth-order valence-electron chi connectivity index (χ4n) is 1.37. The summed E-state index contributed by atoms with van der Waals surface area (Å²) in [5.41, 5.74) is 8.42. The monoisotopic (exact) mass is 247 g/mol. The summed E-state index contributed by atoms with van der Waals surface area (Å²) in [6, 6.07) is 1.94. The molecule has 0 aliphatic carbocycles. The first-order chi connectivity index (χ1) is 8.04. The number of aryl methyl sites for hydroxylation is 3. The van der Waals surface area contributed by atoms with Crippen molar-refractivity contribution in [1.82, 2.24) is 19.9 Å². The maximum Gasteiger partial charge on any atom is 0.221 e. The highest BCUT2D eigenvalue weighted by Gasteiger charge is 2.07. The van der Waals surface area contributed by atoms with E-state index in [4.69, 9.17) is 5.73 Å². The summed E-state index contributed by atoms with van der Waals surface area (Å²) in [5.74, 6) is 0.266. The lowest BCUT2D eigenvalue weighted by atomic mass is 10.4. The number of nitrogen functional groups attached to an aromatic ring is 1. The van der Waals surface area contributed by atoms with Crippen LogP contribution in [0, 0.1) is 20.8 Å². The van der Waals surface area contributed by atoms with Crippen LogP contribution in [0.1, 0.15) is 17.0 Å². The van der Waals surface area contributed by atoms with Crippen LogP contribution in [0.2, 0.25) is 0 Å². The molecule has 0 radical (unpaired) electrons. The van der Waals surface area contributed by atoms with Crippen LogP contribution in [0.15, 0.2) is 22.4 Å². The van der Waals surface area contributed by atoms with Crippen molar-refractivity contribution in [3.8, 4) is 0 Å². The number of aromatic nitrogens is 4. The third-order valence-corrected chi connectivity index (χ3v) is 3.07. The Morgan fingerprint density at radius 3 is 2.35 bits per heavy atom. The van der Waals surface area contributed by atoms with E-state index in [1.54, 1.807) is 6.20 Å². The van der Waals surface area contributed by atoms with Gasteiger partial charge in [0, 0.05) is 23.1 Å². The van der Waals surface area contributed by atoms with E-state index in [-0.39, 0.29) is 5.95 Å². The van der Waals surface area contributed by atoms with Crippen LogP contribution < -0.4 is 5.73 Å². The molecule has 0 unspecified atom stereocenters. The molecule has 2 aromatic heterocycles. The number of nitrogens with zero attached hydrogens (tertiary/aromatic N) is 4. The number of nitrogens with two attached hydrogens (primary N) is 1. The molecule has 0 spiro atoms. The second-order valence-electron chi connectivity index (χ2n) is 3.75. The zero-order valence-corrected chi connectivity index (χ0v) is 10.7. The summed E-state index contributed by atoms with van der Waals surface area (Å²) in [7, 11) is 0. The quantitative estimate of drug-likeness (QED) is 0.645. The predicted octanol–water partition coefficient (Wildman–Crippen LogP) is 1.93. The second kappa shape index (κ2) is 4.67. The molecule has 5 nitrogen and oxygen atoms in total. The summed E-state index contributed by atoms with van der Waals surface area (Å²) < 4.78 is 0. The smallest absolute Gasteiger partial charge is 0.221 e. The third kappa shape index (κ3) is 2.91. The largest absolute Gasteiger partial charge is 0.368 e. The zero-order chi connectivity index (χ0) is 12.4. The van der Waals surface area contributed by atoms with Gasteiger partial charge in [0.05, 0.1) is 0 Å². The van der Waals surface area contributed by atoms with Gasteiger partial charge in [-0.2, -0.15) is 0 Å². The summed E-state index contributed by atoms with van der Waals surface area (Å²) in [6.45, 7) is 5.82. The Balaban J connectivity index is 2.34. The van der Waals surface area contributed by atoms with E-state index in [1.165, 1.54) is 11.8 Å². The van der Waals surface area contributed by atoms with Gasteiger partial charge in [-0.05, 0) is 38.6 Å². The number of anilines is 1. The average Bonchev–Trinajstić information content (AvgIpc) is 2.22. The van der Waals surface area contributed by atoms with Gasteiger partial charge in [0.1, 0.15) is 5.03 Å². The molecule has 0 bridgehead atoms. The lowest BCUT2D eigenvalue weighted by molar-refractivity contribution is 0.895. The molecule has 17 heavy (non-hydrogen) atoms. The third-order valence-electron chi connectivity index (χ3n) is 2.09. The van der Waals surface area contributed by atoms with Crippen LogP contribution in [0.4, 0.5) is 5.95 Å². The van der Waals surface area contributed by atoms with Gasteiger partial charge in [-0.1, -0.05) is 0 Å². The molecule has 2 aromatic rings. The lowest BCUT2D eigenvalue weighted by Crippen LogP contribution is -1.99. The molecule has 2 rings (SSSR count). The minimum atomic E-state index is 0.266. The van der Waals surface area contributed by atoms with Crippen LogP contribution in [0.5, 0.6) is 0 Å². The van der Waals surface area contributed by atoms with Gasteiger partial charge in [0.15, 0.2) is 5.16 Å². The van der Waals surface area contributed by atoms with E-state index in [0.717, 1.165) is 22.0 Å². The Kier molecular flexibility index (Phi) is 3.23. The highest BCUT2D eigenvalue weighted by Crippen LogP contribution is 2.26. The van der Waals surface area contributed by atoms with Crippen LogP contribution in [-0.4, -0.2) is 19.9 Å². The molecule has 0 aromatic carbocycles. The van der Waals surface area contributed by atoms with Crippen LogP contribution in [-0.2, 0) is 0 Å². The normalized spacial score (nSPS) is 10.5. The molecule has 0 amide bonds. The van der Waals surface area contributed by atoms with Gasteiger partial charge in [0.2, 0.25) is 5.95 Å². The van der Waals surface area contributed by atoms with Crippen molar-refractivity contribution in [3.63, 3.8) is 0 Å². The van der Waals surface area contributed by atoms with E-state index in [1.807, 2.05) is 26.8 Å². The van der Waals surface area contributed by atoms with E-state index in [0.29, 0.717) is 5.16 Å². The fraction of sp³-hybridized carbons (Fsp3) is 0.273. The molecule has 0 fully saturated rings. The summed E-state index contributed by atoms with van der Waals surface area (Å²) in [6.07, 6.45) is 1.70. The lowest BCUT2D eigenvalue weighted by Gasteiger charge is -2.05. The minimum absolute atomic E-state index is 0.266. The van der Waals surface area contributed by atoms with Gasteiger partial charge < -0.3 is 5.73 Å². The van der Waals surface area contributed by atoms with Gasteiger partial charge in [-0.3, -0.25) is 0 Å². The SMILES string of the molecule is Cc1cc(C)nc(Sc2nc(N)ncc2C)n1. The number of rotatable bonds is 2. The van der Waals surface area contributed by atoms with E-state index >= 15 is 0 Å². The van der Waals surface area contributed by atoms with Crippen LogP contribution in [0.3, 0.4) is 0 Å². The summed E-state index contributed by atoms with van der Waals surface area (Å²) in [4.78, 5) is 16.8. The van der Waals surface area contributed by atoms with Crippen LogP contribution >= 0.6 is 11.8 Å². The van der Waals surface area contributed by atoms with Crippen molar-refractivity contribution < 1.29 is 0 Å². The molecule has 2 heterocycles. The van der Waals surface area contributed by atoms with Crippen molar-refractivity contribution in [2.75, 3.05) is 5.73 Å². The van der Waals surface area contributed by atoms with Crippen molar-refractivity contribution in [1.29, 1.82) is 0 Å². The Labute approximate surface area is 104 Å². The van der Waals surface area contributed by atoms with E-state index < -0.39 is 0 Å². The first kappa shape index (κ1) is 11.8. The molecule has 0 aliphatic rings. The number of hydrogen-bond acceptors (Lipinski definition) is 6. The fourth-order valence-corrected chi connectivity index (χ4v) is 2.27. The van der Waals surface area contributed by atoms with Crippen LogP contribution in [0.25, 0.3) is 0 Å². The predicted molar refractivity (Wildman–Crippen MR) is 66.8 cm³/mol. The van der Waals surface area contributed by atoms with Crippen molar-refractivity contribution in [2.45, 2.75) is 31.0 Å². The second-order valence-corrected chi connectivity index (χ2v) is 4.71. The van der Waals surface area contributed by atoms with Gasteiger partial charge in [-0.15, -0.1) is 0 Å². The van der Waals surface area contributed by atoms with Crippen molar-refractivity contribution >= 4 is 17.7 Å². The molecule has 0 atom stereocenters. The van der Waals surface area contributed by atoms with Crippen molar-refractivity contribution in [3.05, 3.63) is 29.2 Å². The van der Waals surface area contributed by atoms with E-state index in [9.17, 15) is 0 Å². The first-order valence-corrected chi connectivity index (χ1v) is 5.95. The highest BCUT2D eigenvalue weighted by molar-refractivity contribution is 7.99. The van der Waals surface area contributed by atoms with Crippen molar-refractivity contribution in [2.24, 2.45) is 0 Å². The molecular weight excluding hydrogens is 234 g/mol. The highest BCUT2D eigenvalue weighted by atomic mass is 32.2. The standard InChI is InChI=1S/C11H13N5S/c1-6-5-13-10(12)16-9(6)17-11-14-7(2)4-8(3)15-11/h4-5H,1-3H3,(H2,12,13,16). The molecule has 0 saturated heterocycles.